The van der Waals surface area contributed by atoms with Crippen molar-refractivity contribution in [2.24, 2.45) is 5.92 Å². The summed E-state index contributed by atoms with van der Waals surface area (Å²) in [6.45, 7) is 7.69. The van der Waals surface area contributed by atoms with Crippen LogP contribution < -0.4 is 10.6 Å². The Bertz CT molecular complexity index is 73.3. The third-order valence-corrected chi connectivity index (χ3v) is 2.26. The number of fused-ring (bicyclic) bond motifs is 1. The zero-order valence-electron chi connectivity index (χ0n) is 6.98. The highest BCUT2D eigenvalue weighted by atomic mass is 15.1. The van der Waals surface area contributed by atoms with E-state index in [9.17, 15) is 0 Å². The summed E-state index contributed by atoms with van der Waals surface area (Å²) in [4.78, 5) is 0. The molecule has 2 N–H and O–H groups in total. The molecule has 0 radical (unpaired) electrons. The van der Waals surface area contributed by atoms with Crippen molar-refractivity contribution in [1.29, 1.82) is 0 Å². The molecule has 2 unspecified atom stereocenters. The minimum atomic E-state index is 0.815. The van der Waals surface area contributed by atoms with Crippen LogP contribution in [0.2, 0.25) is 0 Å². The molecular formula is C8H18N2. The molecule has 2 nitrogen and oxygen atoms in total. The van der Waals surface area contributed by atoms with E-state index in [1.165, 1.54) is 26.1 Å². The van der Waals surface area contributed by atoms with Crippen LogP contribution in [0.4, 0.5) is 0 Å². The Morgan fingerprint density at radius 2 is 2.00 bits per heavy atom. The van der Waals surface area contributed by atoms with Crippen LogP contribution in [0.5, 0.6) is 0 Å². The molecule has 0 aromatic rings. The zero-order valence-corrected chi connectivity index (χ0v) is 6.98. The Morgan fingerprint density at radius 3 is 2.70 bits per heavy atom. The van der Waals surface area contributed by atoms with E-state index in [0.717, 1.165) is 12.0 Å². The van der Waals surface area contributed by atoms with Gasteiger partial charge in [0.05, 0.1) is 0 Å². The molecule has 2 atom stereocenters. The molecule has 2 heteroatoms. The smallest absolute Gasteiger partial charge is 0.0233 e. The van der Waals surface area contributed by atoms with Crippen molar-refractivity contribution in [3.05, 3.63) is 0 Å². The third kappa shape index (κ3) is 1.50. The third-order valence-electron chi connectivity index (χ3n) is 2.26. The summed E-state index contributed by atoms with van der Waals surface area (Å²) in [6, 6.07) is 0.815. The predicted molar refractivity (Wildman–Crippen MR) is 44.1 cm³/mol. The topological polar surface area (TPSA) is 24.1 Å². The molecule has 0 aromatic carbocycles. The van der Waals surface area contributed by atoms with E-state index < -0.39 is 0 Å². The molecule has 2 heterocycles. The van der Waals surface area contributed by atoms with Crippen molar-refractivity contribution in [2.45, 2.75) is 26.3 Å². The maximum absolute atomic E-state index is 3.46. The fraction of sp³-hybridized carbons (Fsp3) is 1.00. The molecule has 0 saturated carbocycles. The summed E-state index contributed by atoms with van der Waals surface area (Å²) in [5.41, 5.74) is 0. The molecule has 0 aromatic heterocycles. The van der Waals surface area contributed by atoms with Gasteiger partial charge in [0.15, 0.2) is 0 Å². The van der Waals surface area contributed by atoms with Crippen molar-refractivity contribution >= 4 is 0 Å². The number of nitrogens with one attached hydrogen (secondary N) is 2. The molecule has 0 aliphatic carbocycles. The van der Waals surface area contributed by atoms with Crippen molar-refractivity contribution < 1.29 is 0 Å². The van der Waals surface area contributed by atoms with Crippen molar-refractivity contribution in [3.8, 4) is 0 Å². The van der Waals surface area contributed by atoms with Gasteiger partial charge in [0.2, 0.25) is 0 Å². The SMILES string of the molecule is C1CC2CNCC2N1.CC. The number of rotatable bonds is 0. The normalized spacial score (nSPS) is 36.6. The fourth-order valence-corrected chi connectivity index (χ4v) is 1.73. The van der Waals surface area contributed by atoms with Gasteiger partial charge in [0, 0.05) is 12.6 Å². The van der Waals surface area contributed by atoms with Gasteiger partial charge in [-0.05, 0) is 25.4 Å². The fourth-order valence-electron chi connectivity index (χ4n) is 1.73. The number of hydrogen-bond acceptors (Lipinski definition) is 2. The maximum Gasteiger partial charge on any atom is 0.0233 e. The van der Waals surface area contributed by atoms with Crippen LogP contribution in [0.15, 0.2) is 0 Å². The van der Waals surface area contributed by atoms with Gasteiger partial charge in [0.25, 0.3) is 0 Å². The molecule has 2 fully saturated rings. The second-order valence-corrected chi connectivity index (χ2v) is 2.77. The van der Waals surface area contributed by atoms with Crippen LogP contribution in [-0.4, -0.2) is 25.7 Å². The standard InChI is InChI=1S/C6H12N2.C2H6/c1-2-8-6-4-7-3-5(1)6;1-2/h5-8H,1-4H2;1-2H3. The maximum atomic E-state index is 3.46. The quantitative estimate of drug-likeness (QED) is 0.517. The van der Waals surface area contributed by atoms with Gasteiger partial charge < -0.3 is 10.6 Å². The zero-order chi connectivity index (χ0) is 7.40. The van der Waals surface area contributed by atoms with Crippen LogP contribution in [-0.2, 0) is 0 Å². The van der Waals surface area contributed by atoms with Crippen LogP contribution in [0.3, 0.4) is 0 Å². The van der Waals surface area contributed by atoms with Crippen LogP contribution in [0.25, 0.3) is 0 Å². The first-order valence-corrected chi connectivity index (χ1v) is 4.41. The second kappa shape index (κ2) is 3.94. The molecule has 0 amide bonds. The Labute approximate surface area is 63.4 Å². The first-order valence-electron chi connectivity index (χ1n) is 4.41. The van der Waals surface area contributed by atoms with E-state index >= 15 is 0 Å². The minimum absolute atomic E-state index is 0.815. The van der Waals surface area contributed by atoms with Crippen LogP contribution in [0.1, 0.15) is 20.3 Å². The highest BCUT2D eigenvalue weighted by molar-refractivity contribution is 4.91. The highest BCUT2D eigenvalue weighted by Gasteiger charge is 2.30. The summed E-state index contributed by atoms with van der Waals surface area (Å²) in [5.74, 6) is 0.954. The molecule has 0 spiro atoms. The first kappa shape index (κ1) is 8.02. The lowest BCUT2D eigenvalue weighted by Crippen LogP contribution is -2.27. The van der Waals surface area contributed by atoms with E-state index in [-0.39, 0.29) is 0 Å². The van der Waals surface area contributed by atoms with Gasteiger partial charge in [0.1, 0.15) is 0 Å². The lowest BCUT2D eigenvalue weighted by molar-refractivity contribution is 0.555. The Balaban J connectivity index is 0.000000231. The molecule has 2 aliphatic rings. The second-order valence-electron chi connectivity index (χ2n) is 2.77. The van der Waals surface area contributed by atoms with E-state index in [1.54, 1.807) is 0 Å². The van der Waals surface area contributed by atoms with Gasteiger partial charge in [-0.25, -0.2) is 0 Å². The lowest BCUT2D eigenvalue weighted by atomic mass is 10.1. The van der Waals surface area contributed by atoms with Gasteiger partial charge in [-0.3, -0.25) is 0 Å². The Kier molecular flexibility index (Phi) is 3.16. The van der Waals surface area contributed by atoms with Gasteiger partial charge in [-0.15, -0.1) is 0 Å². The largest absolute Gasteiger partial charge is 0.315 e. The molecule has 60 valence electrons. The lowest BCUT2D eigenvalue weighted by Gasteiger charge is -2.03. The van der Waals surface area contributed by atoms with E-state index in [0.29, 0.717) is 0 Å². The van der Waals surface area contributed by atoms with E-state index in [4.69, 9.17) is 0 Å². The summed E-state index contributed by atoms with van der Waals surface area (Å²) in [6.07, 6.45) is 1.39. The average molecular weight is 142 g/mol. The molecular weight excluding hydrogens is 124 g/mol. The van der Waals surface area contributed by atoms with Gasteiger partial charge in [-0.2, -0.15) is 0 Å². The Hall–Kier alpha value is -0.0800. The average Bonchev–Trinajstić information content (AvgIpc) is 2.49. The first-order chi connectivity index (χ1) is 4.97. The summed E-state index contributed by atoms with van der Waals surface area (Å²) < 4.78 is 0. The van der Waals surface area contributed by atoms with E-state index in [2.05, 4.69) is 10.6 Å². The number of hydrogen-bond donors (Lipinski definition) is 2. The van der Waals surface area contributed by atoms with Crippen LogP contribution >= 0.6 is 0 Å². The molecule has 2 saturated heterocycles. The summed E-state index contributed by atoms with van der Waals surface area (Å²) in [5, 5.41) is 6.82. The van der Waals surface area contributed by atoms with Crippen LogP contribution in [0, 0.1) is 5.92 Å². The highest BCUT2D eigenvalue weighted by Crippen LogP contribution is 2.17. The molecule has 0 bridgehead atoms. The molecule has 2 aliphatic heterocycles. The Morgan fingerprint density at radius 1 is 1.20 bits per heavy atom. The van der Waals surface area contributed by atoms with Crippen molar-refractivity contribution in [2.75, 3.05) is 19.6 Å². The minimum Gasteiger partial charge on any atom is -0.315 e. The van der Waals surface area contributed by atoms with Gasteiger partial charge >= 0.3 is 0 Å². The molecule has 2 rings (SSSR count). The monoisotopic (exact) mass is 142 g/mol. The summed E-state index contributed by atoms with van der Waals surface area (Å²) in [7, 11) is 0. The molecule has 10 heavy (non-hydrogen) atoms. The summed E-state index contributed by atoms with van der Waals surface area (Å²) >= 11 is 0. The predicted octanol–water partition coefficient (Wildman–Crippen LogP) is 0.594. The van der Waals surface area contributed by atoms with Crippen molar-refractivity contribution in [1.82, 2.24) is 10.6 Å². The van der Waals surface area contributed by atoms with Crippen molar-refractivity contribution in [3.63, 3.8) is 0 Å². The van der Waals surface area contributed by atoms with Gasteiger partial charge in [-0.1, -0.05) is 13.8 Å². The van der Waals surface area contributed by atoms with E-state index in [1.807, 2.05) is 13.8 Å².